The normalized spacial score (nSPS) is 11.2. The van der Waals surface area contributed by atoms with Gasteiger partial charge in [0.25, 0.3) is 11.7 Å². The van der Waals surface area contributed by atoms with Crippen molar-refractivity contribution >= 4 is 11.7 Å². The molecule has 4 aromatic rings. The number of hydrogen-bond acceptors (Lipinski definition) is 8. The quantitative estimate of drug-likeness (QED) is 0.537. The second-order valence-electron chi connectivity index (χ2n) is 6.45. The van der Waals surface area contributed by atoms with Crippen LogP contribution in [0, 0.1) is 0 Å². The van der Waals surface area contributed by atoms with Gasteiger partial charge in [-0.05, 0) is 24.1 Å². The Hall–Kier alpha value is -3.69. The molecule has 0 bridgehead atoms. The minimum atomic E-state index is -0.292. The molecule has 0 fully saturated rings. The Morgan fingerprint density at radius 3 is 3.00 bits per heavy atom. The first-order valence-electron chi connectivity index (χ1n) is 8.83. The average molecular weight is 378 g/mol. The number of pyridine rings is 1. The summed E-state index contributed by atoms with van der Waals surface area (Å²) >= 11 is 0. The molecule has 4 aromatic heterocycles. The summed E-state index contributed by atoms with van der Waals surface area (Å²) in [4.78, 5) is 29.2. The lowest BCUT2D eigenvalue weighted by Crippen LogP contribution is -2.27. The number of nitrogens with zero attached hydrogens (tertiary/aromatic N) is 7. The van der Waals surface area contributed by atoms with Gasteiger partial charge in [0.1, 0.15) is 12.0 Å². The summed E-state index contributed by atoms with van der Waals surface area (Å²) in [5, 5.41) is 10.9. The lowest BCUT2D eigenvalue weighted by molar-refractivity contribution is 0.0948. The summed E-state index contributed by atoms with van der Waals surface area (Å²) in [6, 6.07) is 5.38. The van der Waals surface area contributed by atoms with Gasteiger partial charge >= 0.3 is 0 Å². The number of amides is 1. The molecule has 0 spiro atoms. The summed E-state index contributed by atoms with van der Waals surface area (Å²) in [5.74, 6) is 1.18. The Bertz CT molecular complexity index is 1100. The number of fused-ring (bicyclic) bond motifs is 1. The minimum absolute atomic E-state index is 0.169. The van der Waals surface area contributed by atoms with Crippen molar-refractivity contribution in [2.24, 2.45) is 0 Å². The van der Waals surface area contributed by atoms with E-state index >= 15 is 0 Å². The van der Waals surface area contributed by atoms with E-state index < -0.39 is 0 Å². The Morgan fingerprint density at radius 2 is 2.21 bits per heavy atom. The smallest absolute Gasteiger partial charge is 0.270 e. The second-order valence-corrected chi connectivity index (χ2v) is 6.45. The highest BCUT2D eigenvalue weighted by molar-refractivity contribution is 5.92. The van der Waals surface area contributed by atoms with Crippen molar-refractivity contribution in [1.29, 1.82) is 0 Å². The average Bonchev–Trinajstić information content (AvgIpc) is 3.37. The summed E-state index contributed by atoms with van der Waals surface area (Å²) in [6.07, 6.45) is 5.17. The zero-order chi connectivity index (χ0) is 19.5. The number of carbonyl (C=O) groups is 1. The Balaban J connectivity index is 1.41. The predicted molar refractivity (Wildman–Crippen MR) is 98.4 cm³/mol. The monoisotopic (exact) mass is 378 g/mol. The van der Waals surface area contributed by atoms with Crippen molar-refractivity contribution in [3.8, 4) is 11.4 Å². The van der Waals surface area contributed by atoms with Gasteiger partial charge in [-0.1, -0.05) is 19.0 Å². The van der Waals surface area contributed by atoms with Crippen molar-refractivity contribution in [2.45, 2.75) is 26.2 Å². The van der Waals surface area contributed by atoms with Gasteiger partial charge in [-0.2, -0.15) is 15.1 Å². The van der Waals surface area contributed by atoms with Gasteiger partial charge in [0, 0.05) is 30.9 Å². The van der Waals surface area contributed by atoms with Crippen LogP contribution in [0.2, 0.25) is 0 Å². The molecule has 0 saturated heterocycles. The molecule has 0 saturated carbocycles. The van der Waals surface area contributed by atoms with E-state index in [0.717, 1.165) is 11.3 Å². The zero-order valence-corrected chi connectivity index (χ0v) is 15.4. The maximum atomic E-state index is 12.5. The summed E-state index contributed by atoms with van der Waals surface area (Å²) in [7, 11) is 0. The minimum Gasteiger partial charge on any atom is -0.350 e. The molecule has 4 rings (SSSR count). The number of carbonyl (C=O) groups excluding carboxylic acids is 1. The fourth-order valence-electron chi connectivity index (χ4n) is 2.70. The van der Waals surface area contributed by atoms with E-state index in [0.29, 0.717) is 36.2 Å². The van der Waals surface area contributed by atoms with Crippen LogP contribution < -0.4 is 5.32 Å². The van der Waals surface area contributed by atoms with Crippen molar-refractivity contribution in [2.75, 3.05) is 6.54 Å². The van der Waals surface area contributed by atoms with Gasteiger partial charge in [0.2, 0.25) is 11.7 Å². The largest absolute Gasteiger partial charge is 0.350 e. The molecule has 0 aliphatic rings. The molecular formula is C18H18N8O2. The Kier molecular flexibility index (Phi) is 4.75. The molecular weight excluding hydrogens is 360 g/mol. The van der Waals surface area contributed by atoms with Gasteiger partial charge in [-0.15, -0.1) is 0 Å². The molecule has 142 valence electrons. The predicted octanol–water partition coefficient (Wildman–Crippen LogP) is 1.67. The zero-order valence-electron chi connectivity index (χ0n) is 15.4. The van der Waals surface area contributed by atoms with Crippen molar-refractivity contribution < 1.29 is 9.32 Å². The van der Waals surface area contributed by atoms with Crippen LogP contribution >= 0.6 is 0 Å². The fraction of sp³-hybridized carbons (Fsp3) is 0.278. The lowest BCUT2D eigenvalue weighted by atomic mass is 10.1. The van der Waals surface area contributed by atoms with Gasteiger partial charge in [-0.25, -0.2) is 9.50 Å². The van der Waals surface area contributed by atoms with E-state index in [4.69, 9.17) is 4.52 Å². The first-order valence-corrected chi connectivity index (χ1v) is 8.83. The van der Waals surface area contributed by atoms with Gasteiger partial charge in [0.05, 0.1) is 5.69 Å². The van der Waals surface area contributed by atoms with Gasteiger partial charge in [0.15, 0.2) is 0 Å². The van der Waals surface area contributed by atoms with E-state index in [2.05, 4.69) is 35.5 Å². The van der Waals surface area contributed by atoms with Crippen LogP contribution in [0.15, 0.2) is 41.4 Å². The van der Waals surface area contributed by atoms with Crippen LogP contribution in [-0.2, 0) is 6.42 Å². The summed E-state index contributed by atoms with van der Waals surface area (Å²) < 4.78 is 6.87. The number of hydrogen-bond donors (Lipinski definition) is 1. The first kappa shape index (κ1) is 17.7. The summed E-state index contributed by atoms with van der Waals surface area (Å²) in [5.41, 5.74) is 1.94. The van der Waals surface area contributed by atoms with Crippen LogP contribution in [0.1, 0.15) is 41.8 Å². The van der Waals surface area contributed by atoms with Crippen LogP contribution in [0.25, 0.3) is 17.2 Å². The maximum Gasteiger partial charge on any atom is 0.270 e. The summed E-state index contributed by atoms with van der Waals surface area (Å²) in [6.45, 7) is 4.38. The topological polar surface area (TPSA) is 124 Å². The third-order valence-corrected chi connectivity index (χ3v) is 4.12. The second kappa shape index (κ2) is 7.51. The Labute approximate surface area is 160 Å². The molecule has 28 heavy (non-hydrogen) atoms. The molecule has 10 heteroatoms. The first-order chi connectivity index (χ1) is 13.6. The van der Waals surface area contributed by atoms with E-state index in [9.17, 15) is 4.79 Å². The van der Waals surface area contributed by atoms with E-state index in [1.165, 1.54) is 6.33 Å². The molecule has 0 aromatic carbocycles. The fourth-order valence-corrected chi connectivity index (χ4v) is 2.70. The molecule has 0 radical (unpaired) electrons. The van der Waals surface area contributed by atoms with Crippen molar-refractivity contribution in [1.82, 2.24) is 40.0 Å². The third kappa shape index (κ3) is 3.56. The van der Waals surface area contributed by atoms with Crippen LogP contribution in [-0.4, -0.2) is 47.2 Å². The number of aromatic nitrogens is 7. The lowest BCUT2D eigenvalue weighted by Gasteiger charge is -2.09. The molecule has 0 atom stereocenters. The maximum absolute atomic E-state index is 12.5. The van der Waals surface area contributed by atoms with E-state index in [1.54, 1.807) is 29.0 Å². The molecule has 0 aliphatic carbocycles. The van der Waals surface area contributed by atoms with Crippen LogP contribution in [0.4, 0.5) is 0 Å². The Morgan fingerprint density at radius 1 is 1.32 bits per heavy atom. The van der Waals surface area contributed by atoms with Gasteiger partial charge in [-0.3, -0.25) is 9.78 Å². The molecule has 0 unspecified atom stereocenters. The standard InChI is InChI=1S/C18H18N8O2/c1-11(2)14-8-13(23-18-21-10-22-26(14)18)17(27)20-7-5-15-24-16(25-28-15)12-4-3-6-19-9-12/h3-4,6,8-11H,5,7H2,1-2H3,(H,20,27). The number of nitrogens with one attached hydrogen (secondary N) is 1. The van der Waals surface area contributed by atoms with Gasteiger partial charge < -0.3 is 9.84 Å². The molecule has 1 amide bonds. The highest BCUT2D eigenvalue weighted by Crippen LogP contribution is 2.16. The molecule has 10 nitrogen and oxygen atoms in total. The SMILES string of the molecule is CC(C)c1cc(C(=O)NCCc2nc(-c3cccnc3)no2)nc2ncnn12. The molecule has 1 N–H and O–H groups in total. The third-order valence-electron chi connectivity index (χ3n) is 4.12. The van der Waals surface area contributed by atoms with E-state index in [1.807, 2.05) is 19.9 Å². The molecule has 0 aliphatic heterocycles. The number of rotatable bonds is 6. The van der Waals surface area contributed by atoms with Crippen LogP contribution in [0.3, 0.4) is 0 Å². The van der Waals surface area contributed by atoms with Crippen LogP contribution in [0.5, 0.6) is 0 Å². The highest BCUT2D eigenvalue weighted by atomic mass is 16.5. The van der Waals surface area contributed by atoms with Crippen molar-refractivity contribution in [3.05, 3.63) is 54.2 Å². The molecule has 4 heterocycles. The highest BCUT2D eigenvalue weighted by Gasteiger charge is 2.16. The van der Waals surface area contributed by atoms with E-state index in [-0.39, 0.29) is 11.8 Å². The van der Waals surface area contributed by atoms with Crippen molar-refractivity contribution in [3.63, 3.8) is 0 Å².